The predicted molar refractivity (Wildman–Crippen MR) is 135 cm³/mol. The Morgan fingerprint density at radius 1 is 1.00 bits per heavy atom. The molecular formula is C30H48O5. The monoisotopic (exact) mass is 488 g/mol. The van der Waals surface area contributed by atoms with Gasteiger partial charge in [-0.3, -0.25) is 4.79 Å². The second-order valence-corrected chi connectivity index (χ2v) is 14.5. The van der Waals surface area contributed by atoms with E-state index < -0.39 is 29.0 Å². The number of allylic oxidation sites excluding steroid dienone is 2. The van der Waals surface area contributed by atoms with Crippen molar-refractivity contribution >= 4 is 5.97 Å². The van der Waals surface area contributed by atoms with Crippen LogP contribution >= 0.6 is 0 Å². The van der Waals surface area contributed by atoms with E-state index in [-0.39, 0.29) is 34.7 Å². The first-order valence-electron chi connectivity index (χ1n) is 14.1. The van der Waals surface area contributed by atoms with Crippen molar-refractivity contribution in [2.24, 2.45) is 56.7 Å². The van der Waals surface area contributed by atoms with Crippen molar-refractivity contribution in [3.8, 4) is 0 Å². The molecule has 0 aromatic rings. The van der Waals surface area contributed by atoms with Crippen molar-refractivity contribution < 1.29 is 25.2 Å². The molecule has 0 unspecified atom stereocenters. The van der Waals surface area contributed by atoms with Crippen LogP contribution in [0.1, 0.15) is 92.9 Å². The van der Waals surface area contributed by atoms with Gasteiger partial charge in [0.2, 0.25) is 0 Å². The van der Waals surface area contributed by atoms with Crippen LogP contribution in [0.4, 0.5) is 0 Å². The number of aliphatic hydroxyl groups is 3. The Morgan fingerprint density at radius 2 is 1.69 bits per heavy atom. The number of aliphatic hydroxyl groups excluding tert-OH is 3. The summed E-state index contributed by atoms with van der Waals surface area (Å²) in [5.41, 5.74) is -0.214. The fraction of sp³-hybridized carbons (Fsp3) is 0.900. The van der Waals surface area contributed by atoms with Crippen molar-refractivity contribution in [2.75, 3.05) is 6.61 Å². The molecule has 5 rings (SSSR count). The standard InChI is InChI=1S/C30H48O5/c1-17-9-12-30(25(34)35)14-13-28(5)19(23(30)18(17)2)7-8-22-26(3)15-20(32)24(33)27(4,16-31)21(26)10-11-29(22,28)6/h7,17-18,20-24,31-33H,8-16H2,1-6H3,(H,34,35)/t17-,18+,20-,21-,22-,23+,24-,26+,27-,28-,29-,30+/m0/s1. The number of fused-ring (bicyclic) bond motifs is 7. The van der Waals surface area contributed by atoms with E-state index in [2.05, 4.69) is 40.7 Å². The average molecular weight is 489 g/mol. The zero-order chi connectivity index (χ0) is 25.8. The topological polar surface area (TPSA) is 98.0 Å². The van der Waals surface area contributed by atoms with Gasteiger partial charge in [-0.25, -0.2) is 0 Å². The molecule has 198 valence electrons. The third-order valence-electron chi connectivity index (χ3n) is 13.5. The van der Waals surface area contributed by atoms with Gasteiger partial charge >= 0.3 is 5.97 Å². The lowest BCUT2D eigenvalue weighted by Gasteiger charge is -2.71. The molecule has 0 saturated heterocycles. The second kappa shape index (κ2) is 7.80. The molecule has 4 saturated carbocycles. The van der Waals surface area contributed by atoms with Gasteiger partial charge < -0.3 is 20.4 Å². The zero-order valence-electron chi connectivity index (χ0n) is 22.7. The van der Waals surface area contributed by atoms with Gasteiger partial charge in [0.25, 0.3) is 0 Å². The van der Waals surface area contributed by atoms with Crippen LogP contribution in [0.5, 0.6) is 0 Å². The first kappa shape index (κ1) is 25.7. The Bertz CT molecular complexity index is 930. The summed E-state index contributed by atoms with van der Waals surface area (Å²) in [6.07, 6.45) is 7.51. The van der Waals surface area contributed by atoms with Crippen LogP contribution in [0.2, 0.25) is 0 Å². The fourth-order valence-electron chi connectivity index (χ4n) is 11.0. The van der Waals surface area contributed by atoms with E-state index in [1.165, 1.54) is 5.57 Å². The molecule has 4 fully saturated rings. The van der Waals surface area contributed by atoms with Crippen LogP contribution in [0.3, 0.4) is 0 Å². The first-order valence-corrected chi connectivity index (χ1v) is 14.1. The lowest BCUT2D eigenvalue weighted by molar-refractivity contribution is -0.244. The van der Waals surface area contributed by atoms with Crippen LogP contribution in [-0.2, 0) is 4.79 Å². The molecule has 0 radical (unpaired) electrons. The van der Waals surface area contributed by atoms with Crippen molar-refractivity contribution in [3.05, 3.63) is 11.6 Å². The third kappa shape index (κ3) is 2.95. The molecule has 0 bridgehead atoms. The first-order chi connectivity index (χ1) is 16.2. The minimum Gasteiger partial charge on any atom is -0.481 e. The normalized spacial score (nSPS) is 57.7. The molecule has 12 atom stereocenters. The zero-order valence-corrected chi connectivity index (χ0v) is 22.7. The number of hydrogen-bond donors (Lipinski definition) is 4. The highest BCUT2D eigenvalue weighted by Crippen LogP contribution is 2.75. The summed E-state index contributed by atoms with van der Waals surface area (Å²) in [5.74, 6) is 0.828. The predicted octanol–water partition coefficient (Wildman–Crippen LogP) is 5.03. The average Bonchev–Trinajstić information content (AvgIpc) is 2.80. The summed E-state index contributed by atoms with van der Waals surface area (Å²) in [6, 6.07) is 0. The van der Waals surface area contributed by atoms with Crippen molar-refractivity contribution in [3.63, 3.8) is 0 Å². The van der Waals surface area contributed by atoms with Crippen molar-refractivity contribution in [1.82, 2.24) is 0 Å². The summed E-state index contributed by atoms with van der Waals surface area (Å²) >= 11 is 0. The van der Waals surface area contributed by atoms with Gasteiger partial charge in [0.05, 0.1) is 24.2 Å². The molecule has 0 aromatic heterocycles. The molecule has 5 aliphatic carbocycles. The second-order valence-electron chi connectivity index (χ2n) is 14.5. The molecule has 35 heavy (non-hydrogen) atoms. The van der Waals surface area contributed by atoms with E-state index in [0.29, 0.717) is 24.2 Å². The molecule has 5 nitrogen and oxygen atoms in total. The summed E-state index contributed by atoms with van der Waals surface area (Å²) in [5, 5.41) is 42.9. The molecule has 0 amide bonds. The minimum absolute atomic E-state index is 0.00815. The van der Waals surface area contributed by atoms with E-state index in [9.17, 15) is 25.2 Å². The number of carbonyl (C=O) groups is 1. The maximum Gasteiger partial charge on any atom is 0.310 e. The summed E-state index contributed by atoms with van der Waals surface area (Å²) in [7, 11) is 0. The fourth-order valence-corrected chi connectivity index (χ4v) is 11.0. The lowest BCUT2D eigenvalue weighted by atomic mass is 9.33. The third-order valence-corrected chi connectivity index (χ3v) is 13.5. The SMILES string of the molecule is C[C@@H]1[C@@H](C)CC[C@@]2(C(=O)O)CC[C@@]3(C)C(=CC[C@H]4[C@]5(C)C[C@H](O)[C@H](O)[C@@](C)(CO)[C@H]5CC[C@@]43C)[C@@H]12. The maximum absolute atomic E-state index is 12.8. The minimum atomic E-state index is -0.907. The summed E-state index contributed by atoms with van der Waals surface area (Å²) in [4.78, 5) is 12.8. The van der Waals surface area contributed by atoms with Gasteiger partial charge in [-0.1, -0.05) is 53.2 Å². The highest BCUT2D eigenvalue weighted by molar-refractivity contribution is 5.76. The van der Waals surface area contributed by atoms with Gasteiger partial charge in [-0.05, 0) is 97.2 Å². The van der Waals surface area contributed by atoms with Crippen LogP contribution in [0.25, 0.3) is 0 Å². The molecule has 5 heteroatoms. The van der Waals surface area contributed by atoms with Gasteiger partial charge in [-0.15, -0.1) is 0 Å². The maximum atomic E-state index is 12.8. The molecular weight excluding hydrogens is 440 g/mol. The van der Waals surface area contributed by atoms with E-state index in [0.717, 1.165) is 44.9 Å². The number of rotatable bonds is 2. The van der Waals surface area contributed by atoms with Crippen LogP contribution in [-0.4, -0.2) is 45.2 Å². The Balaban J connectivity index is 1.62. The van der Waals surface area contributed by atoms with Crippen molar-refractivity contribution in [2.45, 2.75) is 105 Å². The number of aliphatic carboxylic acids is 1. The largest absolute Gasteiger partial charge is 0.481 e. The molecule has 0 aromatic carbocycles. The molecule has 5 aliphatic rings. The quantitative estimate of drug-likeness (QED) is 0.409. The van der Waals surface area contributed by atoms with E-state index >= 15 is 0 Å². The van der Waals surface area contributed by atoms with E-state index in [1.54, 1.807) is 0 Å². The Kier molecular flexibility index (Phi) is 5.73. The molecule has 0 spiro atoms. The van der Waals surface area contributed by atoms with Crippen LogP contribution in [0, 0.1) is 56.7 Å². The summed E-state index contributed by atoms with van der Waals surface area (Å²) < 4.78 is 0. The number of hydrogen-bond acceptors (Lipinski definition) is 4. The van der Waals surface area contributed by atoms with E-state index in [1.807, 2.05) is 6.92 Å². The lowest BCUT2D eigenvalue weighted by Crippen LogP contribution is -2.68. The van der Waals surface area contributed by atoms with Crippen LogP contribution in [0.15, 0.2) is 11.6 Å². The van der Waals surface area contributed by atoms with Gasteiger partial charge in [-0.2, -0.15) is 0 Å². The Hall–Kier alpha value is -0.910. The number of carboxylic acids is 1. The van der Waals surface area contributed by atoms with Gasteiger partial charge in [0.15, 0.2) is 0 Å². The van der Waals surface area contributed by atoms with Gasteiger partial charge in [0, 0.05) is 5.41 Å². The number of carboxylic acid groups (broad SMARTS) is 1. The van der Waals surface area contributed by atoms with Crippen LogP contribution < -0.4 is 0 Å². The molecule has 0 heterocycles. The van der Waals surface area contributed by atoms with E-state index in [4.69, 9.17) is 0 Å². The smallest absolute Gasteiger partial charge is 0.310 e. The van der Waals surface area contributed by atoms with Crippen molar-refractivity contribution in [1.29, 1.82) is 0 Å². The summed E-state index contributed by atoms with van der Waals surface area (Å²) in [6.45, 7) is 13.6. The highest BCUT2D eigenvalue weighted by atomic mass is 16.4. The highest BCUT2D eigenvalue weighted by Gasteiger charge is 2.70. The molecule has 0 aliphatic heterocycles. The molecule has 4 N–H and O–H groups in total. The Labute approximate surface area is 211 Å². The van der Waals surface area contributed by atoms with Gasteiger partial charge in [0.1, 0.15) is 0 Å². The Morgan fingerprint density at radius 3 is 2.31 bits per heavy atom.